The molecule has 1 aromatic carbocycles. The highest BCUT2D eigenvalue weighted by atomic mass is 79.9. The Kier molecular flexibility index (Phi) is 16.5. The Labute approximate surface area is 342 Å². The number of ether oxygens (including phenoxy) is 1. The van der Waals surface area contributed by atoms with Crippen LogP contribution in [0.5, 0.6) is 5.75 Å². The Balaban J connectivity index is 0.000000550. The lowest BCUT2D eigenvalue weighted by atomic mass is 9.78. The molecular weight excluding hydrogens is 832 g/mol. The smallest absolute Gasteiger partial charge is 0.434 e. The molecule has 10 nitrogen and oxygen atoms in total. The van der Waals surface area contributed by atoms with Crippen LogP contribution in [0.3, 0.4) is 0 Å². The van der Waals surface area contributed by atoms with Crippen LogP contribution in [-0.4, -0.2) is 68.3 Å². The van der Waals surface area contributed by atoms with Gasteiger partial charge in [-0.15, -0.1) is 11.3 Å². The number of alkyl halides is 3. The van der Waals surface area contributed by atoms with Crippen molar-refractivity contribution < 1.29 is 36.5 Å². The number of unbranched alkanes of at least 4 members (excludes halogenated alkanes) is 2. The van der Waals surface area contributed by atoms with Crippen LogP contribution in [0.1, 0.15) is 96.7 Å². The Morgan fingerprint density at radius 2 is 1.89 bits per heavy atom. The second-order valence-corrected chi connectivity index (χ2v) is 18.2. The van der Waals surface area contributed by atoms with Crippen molar-refractivity contribution in [2.24, 2.45) is 17.8 Å². The van der Waals surface area contributed by atoms with Gasteiger partial charge in [-0.2, -0.15) is 13.2 Å². The molecule has 3 unspecified atom stereocenters. The minimum atomic E-state index is -4.54. The van der Waals surface area contributed by atoms with Gasteiger partial charge in [-0.05, 0) is 111 Å². The van der Waals surface area contributed by atoms with E-state index in [9.17, 15) is 31.8 Å². The fourth-order valence-electron chi connectivity index (χ4n) is 6.37. The van der Waals surface area contributed by atoms with Crippen molar-refractivity contribution in [2.75, 3.05) is 13.6 Å². The largest absolute Gasteiger partial charge is 0.490 e. The first-order valence-electron chi connectivity index (χ1n) is 19.2. The van der Waals surface area contributed by atoms with Gasteiger partial charge in [-0.3, -0.25) is 19.1 Å². The van der Waals surface area contributed by atoms with Crippen molar-refractivity contribution in [3.8, 4) is 16.5 Å². The van der Waals surface area contributed by atoms with Gasteiger partial charge in [0.2, 0.25) is 18.7 Å². The van der Waals surface area contributed by atoms with E-state index in [2.05, 4.69) is 55.0 Å². The van der Waals surface area contributed by atoms with E-state index < -0.39 is 22.9 Å². The van der Waals surface area contributed by atoms with E-state index in [0.717, 1.165) is 96.5 Å². The van der Waals surface area contributed by atoms with Crippen LogP contribution >= 0.6 is 27.3 Å². The minimum absolute atomic E-state index is 0.0507. The number of thiazole rings is 1. The highest BCUT2D eigenvalue weighted by Gasteiger charge is 2.44. The highest BCUT2D eigenvalue weighted by Crippen LogP contribution is 2.41. The molecule has 0 radical (unpaired) electrons. The molecule has 3 aromatic rings. The van der Waals surface area contributed by atoms with Gasteiger partial charge in [0.1, 0.15) is 27.4 Å². The number of fused-ring (bicyclic) bond motifs is 1. The summed E-state index contributed by atoms with van der Waals surface area (Å²) < 4.78 is 60.2. The lowest BCUT2D eigenvalue weighted by Crippen LogP contribution is -2.41. The number of nitrogens with one attached hydrogen (secondary N) is 2. The van der Waals surface area contributed by atoms with Crippen LogP contribution in [0, 0.1) is 24.7 Å². The Hall–Kier alpha value is -3.37. The Morgan fingerprint density at radius 1 is 1.16 bits per heavy atom. The Bertz CT molecular complexity index is 1870. The standard InChI is InChI=1S/C33H38BrF3N4O3S.C5H9NO2S.C2H6/c1-19-9-11-22(15-24(19)31(43)39-25-14-21(25)8-6-4-5-7-13-41(3)18-42)44-27-16-26(32-40-28(17-45-32)33(35,36)37)38-30-23(27)12-10-20(2)29(30)34;1-5(2-3-5)9(8)6-4-7;1-2/h6,8,10,12,16-19,21-22,24-25H,4-5,7,9,11,13-15H2,1-3H3,(H,39,43);4H,2-3H2,1H3,(H,6,7);1-2H3/b8-6-;;/t19-,21-,22+,24?,25?;;/m1../s1. The fraction of sp³-hybridized carbons (Fsp3) is 0.575. The molecule has 16 heteroatoms. The first-order chi connectivity index (χ1) is 26.6. The van der Waals surface area contributed by atoms with Crippen LogP contribution in [0.4, 0.5) is 13.2 Å². The summed E-state index contributed by atoms with van der Waals surface area (Å²) >= 11 is 4.50. The van der Waals surface area contributed by atoms with Crippen LogP contribution in [0.2, 0.25) is 0 Å². The molecule has 2 aromatic heterocycles. The lowest BCUT2D eigenvalue weighted by molar-refractivity contribution is -0.140. The zero-order chi connectivity index (χ0) is 41.2. The number of aromatic nitrogens is 2. The van der Waals surface area contributed by atoms with E-state index in [-0.39, 0.29) is 39.6 Å². The van der Waals surface area contributed by atoms with Crippen molar-refractivity contribution in [1.82, 2.24) is 24.9 Å². The number of rotatable bonds is 15. The third-order valence-electron chi connectivity index (χ3n) is 10.3. The van der Waals surface area contributed by atoms with Gasteiger partial charge in [0.25, 0.3) is 0 Å². The first kappa shape index (κ1) is 45.3. The number of allylic oxidation sites excluding steroid dienone is 1. The van der Waals surface area contributed by atoms with Gasteiger partial charge in [-0.25, -0.2) is 14.2 Å². The molecular formula is C40H53BrF3N5O5S2. The normalized spacial score (nSPS) is 22.8. The summed E-state index contributed by atoms with van der Waals surface area (Å²) in [5.74, 6) is 0.932. The number of nitrogens with zero attached hydrogens (tertiary/aromatic N) is 3. The lowest BCUT2D eigenvalue weighted by Gasteiger charge is -2.34. The summed E-state index contributed by atoms with van der Waals surface area (Å²) in [6.07, 6.45) is 8.86. The molecule has 0 aliphatic heterocycles. The summed E-state index contributed by atoms with van der Waals surface area (Å²) in [6.45, 7) is 10.7. The average Bonchev–Trinajstić information content (AvgIpc) is 4.05. The molecule has 3 aliphatic carbocycles. The van der Waals surface area contributed by atoms with Gasteiger partial charge in [0.15, 0.2) is 5.69 Å². The van der Waals surface area contributed by atoms with Gasteiger partial charge < -0.3 is 15.0 Å². The maximum absolute atomic E-state index is 13.4. The van der Waals surface area contributed by atoms with Crippen LogP contribution in [-0.2, 0) is 31.5 Å². The molecule has 3 amide bonds. The maximum atomic E-state index is 13.4. The number of amides is 3. The number of pyridine rings is 1. The third kappa shape index (κ3) is 12.3. The molecule has 56 heavy (non-hydrogen) atoms. The molecule has 6 atom stereocenters. The molecule has 0 spiro atoms. The molecule has 2 N–H and O–H groups in total. The SMILES string of the molecule is CC.CC1(S(=O)NC=O)CC1.Cc1ccc2c(O[C@H]3CC[C@@H](C)C(C(=O)NC4C[C@H]4/C=C\CCCCN(C)C=O)C3)cc(-c3nc(C(F)(F)F)cs3)nc2c1Br. The molecule has 3 saturated carbocycles. The quantitative estimate of drug-likeness (QED) is 0.0886. The van der Waals surface area contributed by atoms with Crippen molar-refractivity contribution >= 4 is 67.9 Å². The van der Waals surface area contributed by atoms with Gasteiger partial charge in [0.05, 0.1) is 16.4 Å². The fourth-order valence-corrected chi connectivity index (χ4v) is 8.43. The monoisotopic (exact) mass is 883 g/mol. The third-order valence-corrected chi connectivity index (χ3v) is 13.8. The Morgan fingerprint density at radius 3 is 2.54 bits per heavy atom. The van der Waals surface area contributed by atoms with E-state index >= 15 is 0 Å². The highest BCUT2D eigenvalue weighted by molar-refractivity contribution is 9.10. The number of aryl methyl sites for hydroxylation is 1. The second kappa shape index (κ2) is 20.4. The van der Waals surface area contributed by atoms with E-state index in [1.807, 2.05) is 39.8 Å². The molecule has 3 fully saturated rings. The number of carbonyl (C=O) groups is 3. The predicted molar refractivity (Wildman–Crippen MR) is 219 cm³/mol. The number of hydrogen-bond donors (Lipinski definition) is 2. The summed E-state index contributed by atoms with van der Waals surface area (Å²) in [4.78, 5) is 44.0. The zero-order valence-corrected chi connectivity index (χ0v) is 36.0. The topological polar surface area (TPSA) is 131 Å². The second-order valence-electron chi connectivity index (χ2n) is 14.7. The maximum Gasteiger partial charge on any atom is 0.434 e. The summed E-state index contributed by atoms with van der Waals surface area (Å²) in [5, 5.41) is 5.15. The number of hydrogen-bond acceptors (Lipinski definition) is 8. The molecule has 0 saturated heterocycles. The van der Waals surface area contributed by atoms with Crippen molar-refractivity contribution in [3.63, 3.8) is 0 Å². The van der Waals surface area contributed by atoms with E-state index in [1.165, 1.54) is 0 Å². The minimum Gasteiger partial charge on any atom is -0.490 e. The van der Waals surface area contributed by atoms with Crippen molar-refractivity contribution in [1.29, 1.82) is 0 Å². The summed E-state index contributed by atoms with van der Waals surface area (Å²) in [6, 6.07) is 5.66. The van der Waals surface area contributed by atoms with Gasteiger partial charge >= 0.3 is 6.18 Å². The summed E-state index contributed by atoms with van der Waals surface area (Å²) in [7, 11) is 0.635. The number of carbonyl (C=O) groups excluding carboxylic acids is 3. The zero-order valence-electron chi connectivity index (χ0n) is 32.8. The van der Waals surface area contributed by atoms with Gasteiger partial charge in [-0.1, -0.05) is 39.0 Å². The average molecular weight is 885 g/mol. The van der Waals surface area contributed by atoms with Gasteiger partial charge in [0, 0.05) is 46.9 Å². The van der Waals surface area contributed by atoms with Crippen molar-refractivity contribution in [3.05, 3.63) is 51.5 Å². The molecule has 0 bridgehead atoms. The number of halogens is 4. The van der Waals surface area contributed by atoms with Crippen LogP contribution < -0.4 is 14.8 Å². The predicted octanol–water partition coefficient (Wildman–Crippen LogP) is 8.93. The van der Waals surface area contributed by atoms with Crippen LogP contribution in [0.15, 0.2) is 40.2 Å². The van der Waals surface area contributed by atoms with Crippen LogP contribution in [0.25, 0.3) is 21.6 Å². The molecule has 2 heterocycles. The summed E-state index contributed by atoms with van der Waals surface area (Å²) in [5.41, 5.74) is 0.889. The molecule has 6 rings (SSSR count). The van der Waals surface area contributed by atoms with E-state index in [1.54, 1.807) is 18.0 Å². The molecule has 3 aliphatic rings. The first-order valence-corrected chi connectivity index (χ1v) is 22.0. The van der Waals surface area contributed by atoms with Crippen molar-refractivity contribution in [2.45, 2.75) is 115 Å². The van der Waals surface area contributed by atoms with E-state index in [0.29, 0.717) is 35.7 Å². The number of benzene rings is 1. The van der Waals surface area contributed by atoms with E-state index in [4.69, 9.17) is 4.74 Å². The molecule has 308 valence electrons.